The van der Waals surface area contributed by atoms with Crippen molar-refractivity contribution in [3.63, 3.8) is 0 Å². The van der Waals surface area contributed by atoms with E-state index in [1.54, 1.807) is 18.3 Å². The molecule has 0 aliphatic heterocycles. The number of nitrogens with one attached hydrogen (secondary N) is 2. The molecule has 96 valence electrons. The van der Waals surface area contributed by atoms with Crippen LogP contribution in [-0.4, -0.2) is 35.3 Å². The Balaban J connectivity index is 2.21. The summed E-state index contributed by atoms with van der Waals surface area (Å²) in [7, 11) is 0. The summed E-state index contributed by atoms with van der Waals surface area (Å²) < 4.78 is 0. The Bertz CT molecular complexity index is 354. The number of amides is 2. The van der Waals surface area contributed by atoms with Gasteiger partial charge in [0.1, 0.15) is 0 Å². The molecule has 0 saturated heterocycles. The minimum Gasteiger partial charge on any atom is -0.394 e. The Morgan fingerprint density at radius 3 is 3.00 bits per heavy atom. The van der Waals surface area contributed by atoms with Gasteiger partial charge in [0, 0.05) is 18.3 Å². The van der Waals surface area contributed by atoms with Crippen molar-refractivity contribution >= 4 is 17.4 Å². The van der Waals surface area contributed by atoms with Gasteiger partial charge in [0.2, 0.25) is 0 Å². The fourth-order valence-electron chi connectivity index (χ4n) is 1.25. The Hall–Kier alpha value is -1.14. The van der Waals surface area contributed by atoms with Crippen molar-refractivity contribution in [2.45, 2.75) is 32.7 Å². The van der Waals surface area contributed by atoms with Crippen molar-refractivity contribution in [3.05, 3.63) is 16.1 Å². The zero-order valence-corrected chi connectivity index (χ0v) is 11.0. The number of urea groups is 1. The van der Waals surface area contributed by atoms with Crippen LogP contribution in [-0.2, 0) is 12.8 Å². The number of aliphatic hydroxyl groups excluding tert-OH is 1. The van der Waals surface area contributed by atoms with Crippen molar-refractivity contribution in [1.29, 1.82) is 0 Å². The van der Waals surface area contributed by atoms with Crippen molar-refractivity contribution in [1.82, 2.24) is 15.6 Å². The third-order valence-electron chi connectivity index (χ3n) is 2.22. The number of hydrogen-bond donors (Lipinski definition) is 3. The van der Waals surface area contributed by atoms with Crippen molar-refractivity contribution in [2.75, 3.05) is 13.2 Å². The number of thiazole rings is 1. The van der Waals surface area contributed by atoms with Crippen LogP contribution in [0.25, 0.3) is 0 Å². The first kappa shape index (κ1) is 13.9. The summed E-state index contributed by atoms with van der Waals surface area (Å²) >= 11 is 1.65. The van der Waals surface area contributed by atoms with E-state index in [0.29, 0.717) is 6.54 Å². The number of carbonyl (C=O) groups excluding carboxylic acids is 1. The summed E-state index contributed by atoms with van der Waals surface area (Å²) in [5.74, 6) is 0. The third-order valence-corrected chi connectivity index (χ3v) is 3.26. The summed E-state index contributed by atoms with van der Waals surface area (Å²) in [6.45, 7) is 4.31. The number of nitrogens with zero attached hydrogens (tertiary/aromatic N) is 1. The van der Waals surface area contributed by atoms with Crippen LogP contribution in [0.5, 0.6) is 0 Å². The summed E-state index contributed by atoms with van der Waals surface area (Å²) in [5, 5.41) is 17.3. The molecule has 2 amide bonds. The highest BCUT2D eigenvalue weighted by atomic mass is 32.1. The number of aryl methyl sites for hydroxylation is 1. The van der Waals surface area contributed by atoms with Crippen LogP contribution in [0.4, 0.5) is 4.79 Å². The zero-order chi connectivity index (χ0) is 12.7. The van der Waals surface area contributed by atoms with Gasteiger partial charge in [-0.05, 0) is 13.3 Å². The van der Waals surface area contributed by atoms with Gasteiger partial charge in [0.15, 0.2) is 0 Å². The molecule has 1 aromatic rings. The molecule has 0 bridgehead atoms. The average Bonchev–Trinajstić information content (AvgIpc) is 2.76. The van der Waals surface area contributed by atoms with E-state index >= 15 is 0 Å². The molecule has 0 saturated carbocycles. The Kier molecular flexibility index (Phi) is 5.93. The van der Waals surface area contributed by atoms with Gasteiger partial charge in [0.05, 0.1) is 23.4 Å². The second-order valence-corrected chi connectivity index (χ2v) is 4.76. The van der Waals surface area contributed by atoms with Crippen LogP contribution in [0.15, 0.2) is 5.38 Å². The van der Waals surface area contributed by atoms with Crippen molar-refractivity contribution < 1.29 is 9.90 Å². The first-order chi connectivity index (χ1) is 8.15. The van der Waals surface area contributed by atoms with Gasteiger partial charge in [0.25, 0.3) is 0 Å². The predicted molar refractivity (Wildman–Crippen MR) is 68.3 cm³/mol. The standard InChI is InChI=1S/C11H19N3O2S/c1-3-10-14-9(7-17-10)4-5-12-11(16)13-8(2)6-15/h7-8,15H,3-6H2,1-2H3,(H2,12,13,16). The molecule has 6 heteroatoms. The van der Waals surface area contributed by atoms with Gasteiger partial charge in [-0.3, -0.25) is 0 Å². The highest BCUT2D eigenvalue weighted by Gasteiger charge is 2.05. The SMILES string of the molecule is CCc1nc(CCNC(=O)NC(C)CO)cs1. The Morgan fingerprint density at radius 1 is 1.65 bits per heavy atom. The molecule has 1 aromatic heterocycles. The topological polar surface area (TPSA) is 74.2 Å². The summed E-state index contributed by atoms with van der Waals surface area (Å²) in [4.78, 5) is 15.7. The maximum atomic E-state index is 11.3. The van der Waals surface area contributed by atoms with Gasteiger partial charge < -0.3 is 15.7 Å². The molecule has 5 nitrogen and oxygen atoms in total. The average molecular weight is 257 g/mol. The van der Waals surface area contributed by atoms with Crippen molar-refractivity contribution in [2.24, 2.45) is 0 Å². The van der Waals surface area contributed by atoms with Gasteiger partial charge in [-0.1, -0.05) is 6.92 Å². The smallest absolute Gasteiger partial charge is 0.315 e. The van der Waals surface area contributed by atoms with Crippen molar-refractivity contribution in [3.8, 4) is 0 Å². The molecule has 1 heterocycles. The molecule has 17 heavy (non-hydrogen) atoms. The normalized spacial score (nSPS) is 12.2. The Labute approximate surface area is 105 Å². The van der Waals surface area contributed by atoms with Gasteiger partial charge in [-0.2, -0.15) is 0 Å². The predicted octanol–water partition coefficient (Wildman–Crippen LogP) is 0.928. The molecule has 1 unspecified atom stereocenters. The van der Waals surface area contributed by atoms with E-state index in [9.17, 15) is 4.79 Å². The molecule has 0 aromatic carbocycles. The van der Waals surface area contributed by atoms with E-state index in [1.165, 1.54) is 0 Å². The number of aromatic nitrogens is 1. The van der Waals surface area contributed by atoms with Crippen LogP contribution in [0.1, 0.15) is 24.5 Å². The van der Waals surface area contributed by atoms with Crippen LogP contribution >= 0.6 is 11.3 Å². The van der Waals surface area contributed by atoms with E-state index in [-0.39, 0.29) is 18.7 Å². The van der Waals surface area contributed by atoms with Gasteiger partial charge >= 0.3 is 6.03 Å². The van der Waals surface area contributed by atoms with Crippen LogP contribution in [0.2, 0.25) is 0 Å². The largest absolute Gasteiger partial charge is 0.394 e. The summed E-state index contributed by atoms with van der Waals surface area (Å²) in [6.07, 6.45) is 1.68. The van der Waals surface area contributed by atoms with E-state index in [1.807, 2.05) is 5.38 Å². The molecule has 0 fully saturated rings. The monoisotopic (exact) mass is 257 g/mol. The molecule has 0 aliphatic rings. The summed E-state index contributed by atoms with van der Waals surface area (Å²) in [5.41, 5.74) is 1.02. The second kappa shape index (κ2) is 7.24. The lowest BCUT2D eigenvalue weighted by molar-refractivity contribution is 0.220. The highest BCUT2D eigenvalue weighted by molar-refractivity contribution is 7.09. The lowest BCUT2D eigenvalue weighted by Gasteiger charge is -2.11. The fraction of sp³-hybridized carbons (Fsp3) is 0.636. The minimum absolute atomic E-state index is 0.0562. The number of carbonyl (C=O) groups is 1. The van der Waals surface area contributed by atoms with E-state index < -0.39 is 0 Å². The third kappa shape index (κ3) is 5.14. The molecular formula is C11H19N3O2S. The number of rotatable bonds is 6. The van der Waals surface area contributed by atoms with Crippen LogP contribution in [0, 0.1) is 0 Å². The van der Waals surface area contributed by atoms with E-state index in [0.717, 1.165) is 23.5 Å². The molecule has 1 atom stereocenters. The maximum Gasteiger partial charge on any atom is 0.315 e. The van der Waals surface area contributed by atoms with Crippen LogP contribution < -0.4 is 10.6 Å². The molecule has 0 aliphatic carbocycles. The molecular weight excluding hydrogens is 238 g/mol. The first-order valence-corrected chi connectivity index (χ1v) is 6.62. The van der Waals surface area contributed by atoms with Gasteiger partial charge in [-0.15, -0.1) is 11.3 Å². The number of hydrogen-bond acceptors (Lipinski definition) is 4. The van der Waals surface area contributed by atoms with E-state index in [2.05, 4.69) is 22.5 Å². The van der Waals surface area contributed by atoms with E-state index in [4.69, 9.17) is 5.11 Å². The Morgan fingerprint density at radius 2 is 2.41 bits per heavy atom. The van der Waals surface area contributed by atoms with Gasteiger partial charge in [-0.25, -0.2) is 9.78 Å². The lowest BCUT2D eigenvalue weighted by Crippen LogP contribution is -2.42. The molecule has 0 spiro atoms. The zero-order valence-electron chi connectivity index (χ0n) is 10.2. The fourth-order valence-corrected chi connectivity index (χ4v) is 2.03. The minimum atomic E-state index is -0.252. The van der Waals surface area contributed by atoms with Crippen LogP contribution in [0.3, 0.4) is 0 Å². The number of aliphatic hydroxyl groups is 1. The lowest BCUT2D eigenvalue weighted by atomic mass is 10.3. The second-order valence-electron chi connectivity index (χ2n) is 3.82. The first-order valence-electron chi connectivity index (χ1n) is 5.74. The molecule has 3 N–H and O–H groups in total. The highest BCUT2D eigenvalue weighted by Crippen LogP contribution is 2.09. The molecule has 1 rings (SSSR count). The quantitative estimate of drug-likeness (QED) is 0.709. The maximum absolute atomic E-state index is 11.3. The molecule has 0 radical (unpaired) electrons. The summed E-state index contributed by atoms with van der Waals surface area (Å²) in [6, 6.07) is -0.474.